The Kier molecular flexibility index (Phi) is 5.43. The van der Waals surface area contributed by atoms with Gasteiger partial charge in [-0.1, -0.05) is 24.8 Å². The third-order valence-electron chi connectivity index (χ3n) is 3.38. The van der Waals surface area contributed by atoms with Crippen LogP contribution in [0.15, 0.2) is 65.4 Å². The van der Waals surface area contributed by atoms with Crippen LogP contribution in [0.1, 0.15) is 32.8 Å². The van der Waals surface area contributed by atoms with Crippen molar-refractivity contribution in [3.8, 4) is 5.75 Å². The van der Waals surface area contributed by atoms with Crippen molar-refractivity contribution in [3.63, 3.8) is 0 Å². The van der Waals surface area contributed by atoms with Crippen LogP contribution in [0, 0.1) is 0 Å². The van der Waals surface area contributed by atoms with Gasteiger partial charge in [-0.3, -0.25) is 4.99 Å². The molecule has 3 nitrogen and oxygen atoms in total. The van der Waals surface area contributed by atoms with Crippen LogP contribution in [0.3, 0.4) is 0 Å². The minimum absolute atomic E-state index is 0.109. The largest absolute Gasteiger partial charge is 0.497 e. The molecule has 1 aromatic carbocycles. The van der Waals surface area contributed by atoms with Gasteiger partial charge in [0.2, 0.25) is 0 Å². The lowest BCUT2D eigenvalue weighted by atomic mass is 9.99. The molecule has 0 heterocycles. The number of hydrogen-bond donors (Lipinski definition) is 0. The zero-order valence-electron chi connectivity index (χ0n) is 14.4. The minimum atomic E-state index is -0.235. The summed E-state index contributed by atoms with van der Waals surface area (Å²) < 4.78 is 11.0. The molecule has 0 bridgehead atoms. The molecule has 0 aromatic heterocycles. The molecule has 3 heteroatoms. The fourth-order valence-electron chi connectivity index (χ4n) is 2.28. The second kappa shape index (κ2) is 7.32. The quantitative estimate of drug-likeness (QED) is 0.583. The molecule has 1 unspecified atom stereocenters. The molecule has 0 fully saturated rings. The number of methoxy groups -OCH3 is 1. The van der Waals surface area contributed by atoms with Crippen LogP contribution < -0.4 is 4.74 Å². The van der Waals surface area contributed by atoms with Crippen LogP contribution in [0.2, 0.25) is 0 Å². The van der Waals surface area contributed by atoms with E-state index in [2.05, 4.69) is 17.6 Å². The van der Waals surface area contributed by atoms with Gasteiger partial charge in [-0.2, -0.15) is 0 Å². The number of benzene rings is 1. The SMILES string of the molecule is C=C(OC(C)(C)C)C1=CC=CC(N=Cc2ccc(OC)cc2)C1. The maximum Gasteiger partial charge on any atom is 0.118 e. The van der Waals surface area contributed by atoms with E-state index in [0.29, 0.717) is 0 Å². The number of rotatable bonds is 5. The molecule has 0 N–H and O–H groups in total. The van der Waals surface area contributed by atoms with Crippen molar-refractivity contribution in [2.75, 3.05) is 7.11 Å². The van der Waals surface area contributed by atoms with Crippen LogP contribution in [0.25, 0.3) is 0 Å². The Morgan fingerprint density at radius 3 is 2.57 bits per heavy atom. The van der Waals surface area contributed by atoms with E-state index in [4.69, 9.17) is 9.47 Å². The Bertz CT molecular complexity index is 631. The van der Waals surface area contributed by atoms with Crippen molar-refractivity contribution in [2.45, 2.75) is 38.8 Å². The van der Waals surface area contributed by atoms with Crippen LogP contribution in [0.4, 0.5) is 0 Å². The zero-order valence-corrected chi connectivity index (χ0v) is 14.4. The molecule has 1 aliphatic carbocycles. The lowest BCUT2D eigenvalue weighted by Crippen LogP contribution is -2.20. The van der Waals surface area contributed by atoms with Crippen molar-refractivity contribution in [1.82, 2.24) is 0 Å². The summed E-state index contributed by atoms with van der Waals surface area (Å²) in [6, 6.07) is 7.96. The van der Waals surface area contributed by atoms with Crippen molar-refractivity contribution in [2.24, 2.45) is 4.99 Å². The minimum Gasteiger partial charge on any atom is -0.497 e. The summed E-state index contributed by atoms with van der Waals surface area (Å²) in [6.07, 6.45) is 8.86. The highest BCUT2D eigenvalue weighted by atomic mass is 16.5. The van der Waals surface area contributed by atoms with Crippen LogP contribution >= 0.6 is 0 Å². The Morgan fingerprint density at radius 1 is 1.26 bits per heavy atom. The fourth-order valence-corrected chi connectivity index (χ4v) is 2.28. The lowest BCUT2D eigenvalue weighted by Gasteiger charge is -2.25. The molecular weight excluding hydrogens is 286 g/mol. The third kappa shape index (κ3) is 5.44. The molecular formula is C20H25NO2. The first-order valence-electron chi connectivity index (χ1n) is 7.80. The second-order valence-corrected chi connectivity index (χ2v) is 6.54. The predicted molar refractivity (Wildman–Crippen MR) is 96.2 cm³/mol. The van der Waals surface area contributed by atoms with Crippen molar-refractivity contribution < 1.29 is 9.47 Å². The summed E-state index contributed by atoms with van der Waals surface area (Å²) in [5.41, 5.74) is 1.92. The van der Waals surface area contributed by atoms with Crippen LogP contribution in [0.5, 0.6) is 5.75 Å². The Balaban J connectivity index is 1.97. The van der Waals surface area contributed by atoms with Gasteiger partial charge in [-0.15, -0.1) is 0 Å². The van der Waals surface area contributed by atoms with Gasteiger partial charge in [0.1, 0.15) is 17.1 Å². The van der Waals surface area contributed by atoms with E-state index in [1.807, 2.05) is 63.4 Å². The van der Waals surface area contributed by atoms with Crippen LogP contribution in [-0.2, 0) is 4.74 Å². The normalized spacial score (nSPS) is 17.9. The smallest absolute Gasteiger partial charge is 0.118 e. The molecule has 0 amide bonds. The molecule has 0 spiro atoms. The number of aliphatic imine (C=N–C) groups is 1. The van der Waals surface area contributed by atoms with Gasteiger partial charge in [0.15, 0.2) is 0 Å². The first-order valence-corrected chi connectivity index (χ1v) is 7.80. The number of nitrogens with zero attached hydrogens (tertiary/aromatic N) is 1. The van der Waals surface area contributed by atoms with E-state index in [1.165, 1.54) is 0 Å². The van der Waals surface area contributed by atoms with Crippen LogP contribution in [-0.4, -0.2) is 25.0 Å². The van der Waals surface area contributed by atoms with Gasteiger partial charge in [0.05, 0.1) is 13.2 Å². The Labute approximate surface area is 139 Å². The third-order valence-corrected chi connectivity index (χ3v) is 3.38. The predicted octanol–water partition coefficient (Wildman–Crippen LogP) is 4.70. The standard InChI is InChI=1S/C20H25NO2/c1-15(23-20(2,3)4)17-7-6-8-18(13-17)21-14-16-9-11-19(22-5)12-10-16/h6-12,14,18H,1,13H2,2-5H3. The van der Waals surface area contributed by atoms with Gasteiger partial charge in [0.25, 0.3) is 0 Å². The number of allylic oxidation sites excluding steroid dienone is 3. The lowest BCUT2D eigenvalue weighted by molar-refractivity contribution is 0.0573. The second-order valence-electron chi connectivity index (χ2n) is 6.54. The van der Waals surface area contributed by atoms with E-state index in [-0.39, 0.29) is 11.6 Å². The van der Waals surface area contributed by atoms with Crippen molar-refractivity contribution >= 4 is 6.21 Å². The van der Waals surface area contributed by atoms with Gasteiger partial charge in [-0.05, 0) is 56.2 Å². The molecule has 0 saturated carbocycles. The summed E-state index contributed by atoms with van der Waals surface area (Å²) in [4.78, 5) is 4.65. The van der Waals surface area contributed by atoms with E-state index >= 15 is 0 Å². The number of hydrogen-bond acceptors (Lipinski definition) is 3. The molecule has 2 rings (SSSR count). The van der Waals surface area contributed by atoms with Crippen molar-refractivity contribution in [1.29, 1.82) is 0 Å². The average molecular weight is 311 g/mol. The summed E-state index contributed by atoms with van der Waals surface area (Å²) in [5.74, 6) is 1.58. The monoisotopic (exact) mass is 311 g/mol. The van der Waals surface area contributed by atoms with E-state index in [9.17, 15) is 0 Å². The summed E-state index contributed by atoms with van der Waals surface area (Å²) in [7, 11) is 1.66. The summed E-state index contributed by atoms with van der Waals surface area (Å²) in [5, 5.41) is 0. The molecule has 23 heavy (non-hydrogen) atoms. The van der Waals surface area contributed by atoms with E-state index in [1.54, 1.807) is 7.11 Å². The van der Waals surface area contributed by atoms with Gasteiger partial charge in [-0.25, -0.2) is 0 Å². The molecule has 122 valence electrons. The first-order chi connectivity index (χ1) is 10.9. The Hall–Kier alpha value is -2.29. The molecule has 0 saturated heterocycles. The van der Waals surface area contributed by atoms with E-state index in [0.717, 1.165) is 29.1 Å². The van der Waals surface area contributed by atoms with Crippen molar-refractivity contribution in [3.05, 3.63) is 66.0 Å². The highest BCUT2D eigenvalue weighted by Crippen LogP contribution is 2.25. The maximum absolute atomic E-state index is 5.85. The summed E-state index contributed by atoms with van der Waals surface area (Å²) >= 11 is 0. The van der Waals surface area contributed by atoms with Gasteiger partial charge < -0.3 is 9.47 Å². The summed E-state index contributed by atoms with van der Waals surface area (Å²) in [6.45, 7) is 10.1. The van der Waals surface area contributed by atoms with Gasteiger partial charge >= 0.3 is 0 Å². The number of ether oxygens (including phenoxy) is 2. The first kappa shape index (κ1) is 17.1. The average Bonchev–Trinajstić information content (AvgIpc) is 2.52. The molecule has 1 aliphatic rings. The highest BCUT2D eigenvalue weighted by Gasteiger charge is 2.18. The Morgan fingerprint density at radius 2 is 1.96 bits per heavy atom. The maximum atomic E-state index is 5.85. The van der Waals surface area contributed by atoms with E-state index < -0.39 is 0 Å². The topological polar surface area (TPSA) is 30.8 Å². The molecule has 1 atom stereocenters. The highest BCUT2D eigenvalue weighted by molar-refractivity contribution is 5.80. The van der Waals surface area contributed by atoms with Gasteiger partial charge in [0, 0.05) is 12.6 Å². The molecule has 0 aliphatic heterocycles. The fraction of sp³-hybridized carbons (Fsp3) is 0.350. The molecule has 0 radical (unpaired) electrons. The molecule has 1 aromatic rings. The zero-order chi connectivity index (χ0) is 16.9.